The summed E-state index contributed by atoms with van der Waals surface area (Å²) in [6.45, 7) is 1.26. The Labute approximate surface area is 136 Å². The predicted molar refractivity (Wildman–Crippen MR) is 87.5 cm³/mol. The minimum absolute atomic E-state index is 0.244. The summed E-state index contributed by atoms with van der Waals surface area (Å²) < 4.78 is 5.39. The van der Waals surface area contributed by atoms with E-state index in [1.807, 2.05) is 30.3 Å². The highest BCUT2D eigenvalue weighted by Gasteiger charge is 2.18. The van der Waals surface area contributed by atoms with Crippen molar-refractivity contribution < 1.29 is 9.53 Å². The van der Waals surface area contributed by atoms with Crippen molar-refractivity contribution in [3.63, 3.8) is 0 Å². The quantitative estimate of drug-likeness (QED) is 0.775. The fourth-order valence-corrected chi connectivity index (χ4v) is 3.38. The molecule has 0 fully saturated rings. The van der Waals surface area contributed by atoms with Gasteiger partial charge >= 0.3 is 0 Å². The zero-order valence-corrected chi connectivity index (χ0v) is 13.0. The molecule has 1 aliphatic heterocycles. The molecule has 0 aliphatic carbocycles. The van der Waals surface area contributed by atoms with Crippen LogP contribution in [0.2, 0.25) is 0 Å². The van der Waals surface area contributed by atoms with Gasteiger partial charge in [0.1, 0.15) is 5.69 Å². The van der Waals surface area contributed by atoms with Gasteiger partial charge in [-0.25, -0.2) is 4.98 Å². The highest BCUT2D eigenvalue weighted by Crippen LogP contribution is 2.27. The number of aromatic nitrogens is 3. The molecule has 23 heavy (non-hydrogen) atoms. The first-order valence-corrected chi connectivity index (χ1v) is 8.10. The Morgan fingerprint density at radius 3 is 3.00 bits per heavy atom. The minimum Gasteiger partial charge on any atom is -0.375 e. The number of nitrogens with one attached hydrogen (secondary N) is 2. The number of nitrogens with zero attached hydrogens (tertiary/aromatic N) is 2. The molecular formula is C16H14N4O2S. The van der Waals surface area contributed by atoms with Crippen molar-refractivity contribution >= 4 is 22.4 Å². The molecule has 0 radical (unpaired) electrons. The van der Waals surface area contributed by atoms with Crippen LogP contribution in [-0.4, -0.2) is 27.7 Å². The number of fused-ring (bicyclic) bond motifs is 1. The third kappa shape index (κ3) is 2.88. The average molecular weight is 326 g/mol. The molecule has 116 valence electrons. The second-order valence-corrected chi connectivity index (χ2v) is 6.26. The number of rotatable bonds is 3. The molecule has 1 amide bonds. The summed E-state index contributed by atoms with van der Waals surface area (Å²) in [5, 5.41) is 10.4. The van der Waals surface area contributed by atoms with Gasteiger partial charge in [-0.1, -0.05) is 41.7 Å². The van der Waals surface area contributed by atoms with Crippen LogP contribution < -0.4 is 5.32 Å². The van der Waals surface area contributed by atoms with Crippen LogP contribution in [0.25, 0.3) is 11.3 Å². The lowest BCUT2D eigenvalue weighted by Gasteiger charge is -2.08. The minimum atomic E-state index is -0.244. The van der Waals surface area contributed by atoms with Gasteiger partial charge in [0.25, 0.3) is 5.91 Å². The van der Waals surface area contributed by atoms with Gasteiger partial charge in [0, 0.05) is 12.0 Å². The first kappa shape index (κ1) is 14.1. The zero-order chi connectivity index (χ0) is 15.6. The van der Waals surface area contributed by atoms with E-state index >= 15 is 0 Å². The molecule has 1 aromatic carbocycles. The van der Waals surface area contributed by atoms with Crippen molar-refractivity contribution in [1.82, 2.24) is 15.2 Å². The molecule has 3 aromatic rings. The molecule has 3 heterocycles. The van der Waals surface area contributed by atoms with Gasteiger partial charge in [-0.2, -0.15) is 5.10 Å². The molecule has 0 saturated carbocycles. The first-order valence-electron chi connectivity index (χ1n) is 7.28. The summed E-state index contributed by atoms with van der Waals surface area (Å²) in [5.74, 6) is -0.244. The Hall–Kier alpha value is -2.51. The van der Waals surface area contributed by atoms with Crippen molar-refractivity contribution in [3.05, 3.63) is 52.7 Å². The number of amides is 1. The number of benzene rings is 1. The number of carbonyl (C=O) groups excluding carboxylic acids is 1. The maximum absolute atomic E-state index is 12.3. The molecule has 6 nitrogen and oxygen atoms in total. The third-order valence-electron chi connectivity index (χ3n) is 3.61. The van der Waals surface area contributed by atoms with Crippen molar-refractivity contribution in [2.45, 2.75) is 13.0 Å². The monoisotopic (exact) mass is 326 g/mol. The molecule has 0 bridgehead atoms. The van der Waals surface area contributed by atoms with E-state index in [4.69, 9.17) is 4.74 Å². The fraction of sp³-hybridized carbons (Fsp3) is 0.188. The number of hydrogen-bond donors (Lipinski definition) is 2. The Bertz CT molecular complexity index is 817. The van der Waals surface area contributed by atoms with E-state index in [1.165, 1.54) is 11.3 Å². The van der Waals surface area contributed by atoms with E-state index in [9.17, 15) is 4.79 Å². The van der Waals surface area contributed by atoms with Crippen molar-refractivity contribution in [2.24, 2.45) is 0 Å². The number of aromatic amines is 1. The molecule has 2 N–H and O–H groups in total. The first-order chi connectivity index (χ1) is 11.3. The topological polar surface area (TPSA) is 79.9 Å². The summed E-state index contributed by atoms with van der Waals surface area (Å²) in [7, 11) is 0. The third-order valence-corrected chi connectivity index (χ3v) is 4.59. The summed E-state index contributed by atoms with van der Waals surface area (Å²) in [6, 6.07) is 11.5. The summed E-state index contributed by atoms with van der Waals surface area (Å²) in [4.78, 5) is 17.9. The normalized spacial score (nSPS) is 13.6. The van der Waals surface area contributed by atoms with Gasteiger partial charge in [0.15, 0.2) is 5.13 Å². The van der Waals surface area contributed by atoms with E-state index in [-0.39, 0.29) is 5.91 Å². The van der Waals surface area contributed by atoms with Crippen LogP contribution in [0.15, 0.2) is 36.4 Å². The van der Waals surface area contributed by atoms with E-state index in [2.05, 4.69) is 20.5 Å². The van der Waals surface area contributed by atoms with Gasteiger partial charge in [-0.05, 0) is 6.07 Å². The van der Waals surface area contributed by atoms with E-state index in [1.54, 1.807) is 6.07 Å². The Morgan fingerprint density at radius 1 is 1.30 bits per heavy atom. The van der Waals surface area contributed by atoms with Gasteiger partial charge < -0.3 is 4.74 Å². The molecular weight excluding hydrogens is 312 g/mol. The zero-order valence-electron chi connectivity index (χ0n) is 12.2. The van der Waals surface area contributed by atoms with E-state index in [0.29, 0.717) is 24.0 Å². The lowest BCUT2D eigenvalue weighted by Crippen LogP contribution is -2.12. The summed E-state index contributed by atoms with van der Waals surface area (Å²) >= 11 is 1.46. The second kappa shape index (κ2) is 5.94. The summed E-state index contributed by atoms with van der Waals surface area (Å²) in [6.07, 6.45) is 0.796. The van der Waals surface area contributed by atoms with Gasteiger partial charge in [0.05, 0.1) is 29.5 Å². The fourth-order valence-electron chi connectivity index (χ4n) is 2.44. The number of carbonyl (C=O) groups is 1. The number of thiazole rings is 1. The van der Waals surface area contributed by atoms with Crippen LogP contribution in [0.5, 0.6) is 0 Å². The van der Waals surface area contributed by atoms with Gasteiger partial charge in [-0.15, -0.1) is 0 Å². The number of hydrogen-bond acceptors (Lipinski definition) is 5. The average Bonchev–Trinajstić information content (AvgIpc) is 3.22. The molecule has 0 unspecified atom stereocenters. The highest BCUT2D eigenvalue weighted by molar-refractivity contribution is 7.15. The maximum Gasteiger partial charge on any atom is 0.275 e. The van der Waals surface area contributed by atoms with Crippen LogP contribution in [0.3, 0.4) is 0 Å². The molecule has 1 aliphatic rings. The van der Waals surface area contributed by atoms with Crippen molar-refractivity contribution in [2.75, 3.05) is 11.9 Å². The molecule has 0 saturated heterocycles. The predicted octanol–water partition coefficient (Wildman–Crippen LogP) is 2.86. The lowest BCUT2D eigenvalue weighted by molar-refractivity contribution is 0.102. The maximum atomic E-state index is 12.3. The standard InChI is InChI=1S/C16H14N4O2S/c21-15(18-16-17-11-6-7-22-9-14(11)23-16)13-8-12(19-20-13)10-4-2-1-3-5-10/h1-5,8H,6-7,9H2,(H,19,20)(H,17,18,21). The number of anilines is 1. The molecule has 7 heteroatoms. The Morgan fingerprint density at radius 2 is 2.17 bits per heavy atom. The number of ether oxygens (including phenoxy) is 1. The van der Waals surface area contributed by atoms with E-state index in [0.717, 1.165) is 28.2 Å². The smallest absolute Gasteiger partial charge is 0.275 e. The largest absolute Gasteiger partial charge is 0.375 e. The summed E-state index contributed by atoms with van der Waals surface area (Å²) in [5.41, 5.74) is 3.13. The van der Waals surface area contributed by atoms with Crippen LogP contribution in [0.4, 0.5) is 5.13 Å². The molecule has 0 atom stereocenters. The van der Waals surface area contributed by atoms with Crippen molar-refractivity contribution in [1.29, 1.82) is 0 Å². The van der Waals surface area contributed by atoms with Crippen molar-refractivity contribution in [3.8, 4) is 11.3 Å². The van der Waals surface area contributed by atoms with Crippen LogP contribution in [0, 0.1) is 0 Å². The SMILES string of the molecule is O=C(Nc1nc2c(s1)COCC2)c1cc(-c2ccccc2)n[nH]1. The van der Waals surface area contributed by atoms with E-state index < -0.39 is 0 Å². The van der Waals surface area contributed by atoms with Gasteiger partial charge in [-0.3, -0.25) is 15.2 Å². The Balaban J connectivity index is 1.51. The lowest BCUT2D eigenvalue weighted by atomic mass is 10.1. The molecule has 0 spiro atoms. The second-order valence-electron chi connectivity index (χ2n) is 5.18. The van der Waals surface area contributed by atoms with Crippen LogP contribution in [-0.2, 0) is 17.8 Å². The number of H-pyrrole nitrogens is 1. The van der Waals surface area contributed by atoms with Gasteiger partial charge in [0.2, 0.25) is 0 Å². The Kier molecular flexibility index (Phi) is 3.64. The highest BCUT2D eigenvalue weighted by atomic mass is 32.1. The molecule has 2 aromatic heterocycles. The van der Waals surface area contributed by atoms with Crippen LogP contribution in [0.1, 0.15) is 21.1 Å². The van der Waals surface area contributed by atoms with Crippen LogP contribution >= 0.6 is 11.3 Å². The molecule has 4 rings (SSSR count).